The Morgan fingerprint density at radius 1 is 1.05 bits per heavy atom. The van der Waals surface area contributed by atoms with Gasteiger partial charge >= 0.3 is 0 Å². The van der Waals surface area contributed by atoms with Crippen molar-refractivity contribution in [1.82, 2.24) is 0 Å². The van der Waals surface area contributed by atoms with Gasteiger partial charge in [-0.3, -0.25) is 0 Å². The number of hydrogen-bond donors (Lipinski definition) is 0. The predicted molar refractivity (Wildman–Crippen MR) is 84.3 cm³/mol. The van der Waals surface area contributed by atoms with Crippen LogP contribution >= 0.6 is 0 Å². The van der Waals surface area contributed by atoms with Gasteiger partial charge in [-0.25, -0.2) is 0 Å². The van der Waals surface area contributed by atoms with E-state index in [0.29, 0.717) is 5.92 Å². The monoisotopic (exact) mass is 256 g/mol. The molecule has 0 amide bonds. The fourth-order valence-electron chi connectivity index (χ4n) is 3.43. The molecule has 0 aliphatic heterocycles. The highest BCUT2D eigenvalue weighted by Gasteiger charge is 2.25. The molecule has 1 saturated carbocycles. The van der Waals surface area contributed by atoms with Gasteiger partial charge in [0.2, 0.25) is 0 Å². The summed E-state index contributed by atoms with van der Waals surface area (Å²) in [6.45, 7) is 9.49. The van der Waals surface area contributed by atoms with E-state index in [9.17, 15) is 0 Å². The highest BCUT2D eigenvalue weighted by molar-refractivity contribution is 5.26. The molecule has 1 aliphatic rings. The summed E-state index contributed by atoms with van der Waals surface area (Å²) in [6.07, 6.45) is 6.64. The van der Waals surface area contributed by atoms with Crippen LogP contribution in [0, 0.1) is 17.8 Å². The van der Waals surface area contributed by atoms with Gasteiger partial charge in [-0.1, -0.05) is 69.7 Å². The molecule has 0 saturated heterocycles. The van der Waals surface area contributed by atoms with E-state index in [1.54, 1.807) is 5.57 Å². The molecule has 1 aromatic rings. The SMILES string of the molecule is CC(C)[C@@H]1CC[C@@H](C)C/C1=C\[C@H](C)c1ccccc1. The minimum Gasteiger partial charge on any atom is -0.0778 e. The molecule has 0 aromatic heterocycles. The largest absolute Gasteiger partial charge is 0.0778 e. The van der Waals surface area contributed by atoms with Crippen LogP contribution in [-0.4, -0.2) is 0 Å². The van der Waals surface area contributed by atoms with E-state index in [1.165, 1.54) is 24.8 Å². The maximum absolute atomic E-state index is 2.55. The van der Waals surface area contributed by atoms with Gasteiger partial charge in [-0.15, -0.1) is 0 Å². The van der Waals surface area contributed by atoms with Gasteiger partial charge in [0.15, 0.2) is 0 Å². The van der Waals surface area contributed by atoms with Crippen LogP contribution in [0.2, 0.25) is 0 Å². The lowest BCUT2D eigenvalue weighted by atomic mass is 9.73. The van der Waals surface area contributed by atoms with E-state index < -0.39 is 0 Å². The predicted octanol–water partition coefficient (Wildman–Crippen LogP) is 5.81. The fourth-order valence-corrected chi connectivity index (χ4v) is 3.43. The summed E-state index contributed by atoms with van der Waals surface area (Å²) in [5, 5.41) is 0. The van der Waals surface area contributed by atoms with Crippen LogP contribution in [0.4, 0.5) is 0 Å². The minimum atomic E-state index is 0.544. The summed E-state index contributed by atoms with van der Waals surface area (Å²) in [5.41, 5.74) is 3.15. The van der Waals surface area contributed by atoms with Crippen molar-refractivity contribution in [2.24, 2.45) is 17.8 Å². The third kappa shape index (κ3) is 3.72. The summed E-state index contributed by atoms with van der Waals surface area (Å²) < 4.78 is 0. The van der Waals surface area contributed by atoms with Gasteiger partial charge in [0.05, 0.1) is 0 Å². The summed E-state index contributed by atoms with van der Waals surface area (Å²) in [4.78, 5) is 0. The van der Waals surface area contributed by atoms with Gasteiger partial charge in [-0.2, -0.15) is 0 Å². The summed E-state index contributed by atoms with van der Waals surface area (Å²) in [7, 11) is 0. The lowest BCUT2D eigenvalue weighted by molar-refractivity contribution is 0.306. The minimum absolute atomic E-state index is 0.544. The van der Waals surface area contributed by atoms with Crippen molar-refractivity contribution < 1.29 is 0 Å². The average molecular weight is 256 g/mol. The Kier molecular flexibility index (Phi) is 4.85. The lowest BCUT2D eigenvalue weighted by Crippen LogP contribution is -2.20. The molecule has 0 bridgehead atoms. The molecule has 0 heteroatoms. The van der Waals surface area contributed by atoms with Gasteiger partial charge in [0.1, 0.15) is 0 Å². The van der Waals surface area contributed by atoms with Crippen molar-refractivity contribution in [2.45, 2.75) is 52.9 Å². The topological polar surface area (TPSA) is 0 Å². The zero-order valence-electron chi connectivity index (χ0n) is 12.9. The van der Waals surface area contributed by atoms with Crippen LogP contribution in [0.5, 0.6) is 0 Å². The van der Waals surface area contributed by atoms with Crippen molar-refractivity contribution in [3.8, 4) is 0 Å². The zero-order valence-corrected chi connectivity index (χ0v) is 12.9. The van der Waals surface area contributed by atoms with Gasteiger partial charge in [0.25, 0.3) is 0 Å². The van der Waals surface area contributed by atoms with Gasteiger partial charge < -0.3 is 0 Å². The normalized spacial score (nSPS) is 27.7. The van der Waals surface area contributed by atoms with E-state index in [0.717, 1.165) is 17.8 Å². The first-order chi connectivity index (χ1) is 9.08. The molecule has 1 aliphatic carbocycles. The van der Waals surface area contributed by atoms with Crippen molar-refractivity contribution in [3.63, 3.8) is 0 Å². The van der Waals surface area contributed by atoms with Crippen LogP contribution in [0.1, 0.15) is 58.4 Å². The maximum atomic E-state index is 2.55. The van der Waals surface area contributed by atoms with Crippen LogP contribution in [-0.2, 0) is 0 Å². The Morgan fingerprint density at radius 2 is 1.74 bits per heavy atom. The fraction of sp³-hybridized carbons (Fsp3) is 0.579. The summed E-state index contributed by atoms with van der Waals surface area (Å²) in [6, 6.07) is 10.9. The molecule has 104 valence electrons. The van der Waals surface area contributed by atoms with E-state index in [4.69, 9.17) is 0 Å². The van der Waals surface area contributed by atoms with Gasteiger partial charge in [-0.05, 0) is 48.5 Å². The molecule has 0 spiro atoms. The Balaban J connectivity index is 2.18. The highest BCUT2D eigenvalue weighted by Crippen LogP contribution is 2.38. The Bertz CT molecular complexity index is 413. The zero-order chi connectivity index (χ0) is 13.8. The van der Waals surface area contributed by atoms with Crippen molar-refractivity contribution >= 4 is 0 Å². The third-order valence-electron chi connectivity index (χ3n) is 4.63. The molecule has 0 nitrogen and oxygen atoms in total. The Morgan fingerprint density at radius 3 is 2.37 bits per heavy atom. The number of hydrogen-bond acceptors (Lipinski definition) is 0. The maximum Gasteiger partial charge on any atom is -0.000765 e. The van der Waals surface area contributed by atoms with Crippen LogP contribution in [0.3, 0.4) is 0 Å². The highest BCUT2D eigenvalue weighted by atomic mass is 14.3. The average Bonchev–Trinajstić information content (AvgIpc) is 2.39. The molecular formula is C19H28. The van der Waals surface area contributed by atoms with Crippen molar-refractivity contribution in [3.05, 3.63) is 47.5 Å². The molecular weight excluding hydrogens is 228 g/mol. The quantitative estimate of drug-likeness (QED) is 0.599. The molecule has 2 rings (SSSR count). The van der Waals surface area contributed by atoms with E-state index in [1.807, 2.05) is 0 Å². The van der Waals surface area contributed by atoms with Crippen LogP contribution in [0.15, 0.2) is 42.0 Å². The molecule has 19 heavy (non-hydrogen) atoms. The van der Waals surface area contributed by atoms with E-state index in [-0.39, 0.29) is 0 Å². The second kappa shape index (κ2) is 6.41. The molecule has 0 heterocycles. The molecule has 0 radical (unpaired) electrons. The van der Waals surface area contributed by atoms with Gasteiger partial charge in [0, 0.05) is 0 Å². The van der Waals surface area contributed by atoms with E-state index in [2.05, 4.69) is 64.1 Å². The summed E-state index contributed by atoms with van der Waals surface area (Å²) >= 11 is 0. The lowest BCUT2D eigenvalue weighted by Gasteiger charge is -2.33. The molecule has 0 unspecified atom stereocenters. The molecule has 1 aromatic carbocycles. The smallest absolute Gasteiger partial charge is 0.000765 e. The van der Waals surface area contributed by atoms with Crippen LogP contribution in [0.25, 0.3) is 0 Å². The Labute approximate surface area is 118 Å². The molecule has 3 atom stereocenters. The van der Waals surface area contributed by atoms with Crippen molar-refractivity contribution in [2.75, 3.05) is 0 Å². The number of benzene rings is 1. The first kappa shape index (κ1) is 14.4. The first-order valence-electron chi connectivity index (χ1n) is 7.83. The second-order valence-electron chi connectivity index (χ2n) is 6.68. The number of rotatable bonds is 3. The first-order valence-corrected chi connectivity index (χ1v) is 7.83. The second-order valence-corrected chi connectivity index (χ2v) is 6.68. The Hall–Kier alpha value is -1.04. The van der Waals surface area contributed by atoms with E-state index >= 15 is 0 Å². The van der Waals surface area contributed by atoms with Crippen LogP contribution < -0.4 is 0 Å². The standard InChI is InChI=1S/C19H28/c1-14(2)19-11-10-15(3)12-18(19)13-16(4)17-8-6-5-7-9-17/h5-9,13-16,19H,10-12H2,1-4H3/b18-13+/t15-,16+,19+/m1/s1. The summed E-state index contributed by atoms with van der Waals surface area (Å²) in [5.74, 6) is 3.00. The molecule has 1 fully saturated rings. The van der Waals surface area contributed by atoms with Crippen molar-refractivity contribution in [1.29, 1.82) is 0 Å². The molecule has 0 N–H and O–H groups in total. The third-order valence-corrected chi connectivity index (χ3v) is 4.63. The number of allylic oxidation sites excluding steroid dienone is 2.